The molecule has 0 saturated carbocycles. The number of aliphatic hydroxyl groups excluding tert-OH is 1. The Balaban J connectivity index is 2.12. The van der Waals surface area contributed by atoms with Crippen LogP contribution in [0.15, 0.2) is 29.4 Å². The van der Waals surface area contributed by atoms with Gasteiger partial charge in [0.05, 0.1) is 12.3 Å². The molecule has 7 nitrogen and oxygen atoms in total. The highest BCUT2D eigenvalue weighted by molar-refractivity contribution is 6.06. The normalized spacial score (nSPS) is 18.1. The van der Waals surface area contributed by atoms with Crippen molar-refractivity contribution in [1.82, 2.24) is 5.43 Å². The third kappa shape index (κ3) is 3.33. The third-order valence-corrected chi connectivity index (χ3v) is 2.87. The van der Waals surface area contributed by atoms with E-state index in [4.69, 9.17) is 10.5 Å². The van der Waals surface area contributed by atoms with Crippen molar-refractivity contribution < 1.29 is 19.4 Å². The van der Waals surface area contributed by atoms with Crippen LogP contribution in [0.1, 0.15) is 12.0 Å². The van der Waals surface area contributed by atoms with E-state index in [1.807, 2.05) is 0 Å². The number of hydrogen-bond acceptors (Lipinski definition) is 5. The Morgan fingerprint density at radius 1 is 1.45 bits per heavy atom. The fourth-order valence-corrected chi connectivity index (χ4v) is 1.91. The minimum atomic E-state index is -0.547. The van der Waals surface area contributed by atoms with Gasteiger partial charge in [0.1, 0.15) is 5.75 Å². The minimum absolute atomic E-state index is 0.147. The van der Waals surface area contributed by atoms with Crippen molar-refractivity contribution >= 4 is 17.5 Å². The highest BCUT2D eigenvalue weighted by Crippen LogP contribution is 2.19. The molecule has 0 spiro atoms. The molecule has 1 heterocycles. The lowest BCUT2D eigenvalue weighted by molar-refractivity contribution is -0.122. The van der Waals surface area contributed by atoms with Crippen molar-refractivity contribution in [3.05, 3.63) is 29.8 Å². The Morgan fingerprint density at radius 3 is 2.75 bits per heavy atom. The van der Waals surface area contributed by atoms with E-state index < -0.39 is 5.91 Å². The molecular weight excluding hydrogens is 262 g/mol. The van der Waals surface area contributed by atoms with Crippen LogP contribution in [0, 0.1) is 5.92 Å². The predicted octanol–water partition coefficient (Wildman–Crippen LogP) is -0.617. The summed E-state index contributed by atoms with van der Waals surface area (Å²) in [6.45, 7) is -0.332. The Hall–Kier alpha value is -2.41. The second-order valence-corrected chi connectivity index (χ2v) is 4.40. The van der Waals surface area contributed by atoms with E-state index in [1.54, 1.807) is 24.3 Å². The number of nitrogens with two attached hydrogens (primary N) is 1. The number of aliphatic hydroxyl groups is 1. The molecule has 0 saturated heterocycles. The van der Waals surface area contributed by atoms with Gasteiger partial charge >= 0.3 is 0 Å². The fourth-order valence-electron chi connectivity index (χ4n) is 1.91. The molecule has 2 rings (SSSR count). The summed E-state index contributed by atoms with van der Waals surface area (Å²) in [6.07, 6.45) is 0.204. The molecule has 7 heteroatoms. The summed E-state index contributed by atoms with van der Waals surface area (Å²) >= 11 is 0. The van der Waals surface area contributed by atoms with Gasteiger partial charge in [0.2, 0.25) is 5.91 Å². The van der Waals surface area contributed by atoms with E-state index in [0.717, 1.165) is 5.56 Å². The van der Waals surface area contributed by atoms with Gasteiger partial charge in [0.25, 0.3) is 5.91 Å². The van der Waals surface area contributed by atoms with Gasteiger partial charge in [-0.15, -0.1) is 0 Å². The number of nitrogens with one attached hydrogen (secondary N) is 1. The van der Waals surface area contributed by atoms with Crippen molar-refractivity contribution in [3.8, 4) is 5.75 Å². The summed E-state index contributed by atoms with van der Waals surface area (Å²) in [5.41, 5.74) is 8.77. The van der Waals surface area contributed by atoms with Gasteiger partial charge in [-0.05, 0) is 29.8 Å². The number of benzene rings is 1. The average molecular weight is 277 g/mol. The molecule has 1 aromatic carbocycles. The van der Waals surface area contributed by atoms with Gasteiger partial charge in [0.15, 0.2) is 6.61 Å². The summed E-state index contributed by atoms with van der Waals surface area (Å²) in [6, 6.07) is 6.84. The maximum Gasteiger partial charge on any atom is 0.255 e. The van der Waals surface area contributed by atoms with Crippen LogP contribution in [0.4, 0.5) is 0 Å². The van der Waals surface area contributed by atoms with Crippen LogP contribution in [-0.2, 0) is 9.59 Å². The molecule has 2 amide bonds. The highest BCUT2D eigenvalue weighted by atomic mass is 16.5. The van der Waals surface area contributed by atoms with E-state index in [9.17, 15) is 14.7 Å². The maximum absolute atomic E-state index is 11.2. The largest absolute Gasteiger partial charge is 0.484 e. The first-order chi connectivity index (χ1) is 9.60. The van der Waals surface area contributed by atoms with E-state index in [2.05, 4.69) is 10.5 Å². The summed E-state index contributed by atoms with van der Waals surface area (Å²) < 4.78 is 5.15. The number of hydrogen-bond donors (Lipinski definition) is 3. The van der Waals surface area contributed by atoms with Gasteiger partial charge in [-0.1, -0.05) is 0 Å². The summed E-state index contributed by atoms with van der Waals surface area (Å²) in [5, 5.41) is 13.3. The van der Waals surface area contributed by atoms with Crippen LogP contribution in [0.5, 0.6) is 5.75 Å². The molecule has 0 bridgehead atoms. The van der Waals surface area contributed by atoms with Crippen molar-refractivity contribution in [2.45, 2.75) is 6.42 Å². The summed E-state index contributed by atoms with van der Waals surface area (Å²) in [5.74, 6) is -0.572. The van der Waals surface area contributed by atoms with Gasteiger partial charge in [-0.25, -0.2) is 5.43 Å². The topological polar surface area (TPSA) is 114 Å². The Bertz CT molecular complexity index is 539. The second kappa shape index (κ2) is 6.16. The number of carbonyl (C=O) groups excluding carboxylic acids is 2. The minimum Gasteiger partial charge on any atom is -0.484 e. The zero-order valence-electron chi connectivity index (χ0n) is 10.7. The van der Waals surface area contributed by atoms with Crippen LogP contribution in [-0.4, -0.2) is 35.8 Å². The zero-order valence-corrected chi connectivity index (χ0v) is 10.7. The Morgan fingerprint density at radius 2 is 2.15 bits per heavy atom. The smallest absolute Gasteiger partial charge is 0.255 e. The quantitative estimate of drug-likeness (QED) is 0.665. The molecule has 0 radical (unpaired) electrons. The number of carbonyl (C=O) groups is 2. The summed E-state index contributed by atoms with van der Waals surface area (Å²) in [4.78, 5) is 21.8. The van der Waals surface area contributed by atoms with E-state index >= 15 is 0 Å². The van der Waals surface area contributed by atoms with Gasteiger partial charge in [-0.3, -0.25) is 9.59 Å². The first-order valence-electron chi connectivity index (χ1n) is 6.09. The maximum atomic E-state index is 11.2. The SMILES string of the molecule is NC(=O)COc1ccc(C2=NNC(=O)CC2CO)cc1. The molecule has 106 valence electrons. The van der Waals surface area contributed by atoms with Gasteiger partial charge in [-0.2, -0.15) is 5.10 Å². The lowest BCUT2D eigenvalue weighted by atomic mass is 9.93. The summed E-state index contributed by atoms with van der Waals surface area (Å²) in [7, 11) is 0. The Labute approximate surface area is 115 Å². The molecule has 20 heavy (non-hydrogen) atoms. The van der Waals surface area contributed by atoms with Crippen molar-refractivity contribution in [1.29, 1.82) is 0 Å². The van der Waals surface area contributed by atoms with E-state index in [1.165, 1.54) is 0 Å². The van der Waals surface area contributed by atoms with Gasteiger partial charge in [0, 0.05) is 12.3 Å². The van der Waals surface area contributed by atoms with E-state index in [-0.39, 0.29) is 31.5 Å². The molecule has 0 aromatic heterocycles. The lowest BCUT2D eigenvalue weighted by Gasteiger charge is -2.21. The molecule has 1 aliphatic heterocycles. The van der Waals surface area contributed by atoms with Crippen LogP contribution in [0.2, 0.25) is 0 Å². The van der Waals surface area contributed by atoms with Gasteiger partial charge < -0.3 is 15.6 Å². The number of ether oxygens (including phenoxy) is 1. The molecule has 1 aliphatic rings. The third-order valence-electron chi connectivity index (χ3n) is 2.87. The standard InChI is InChI=1S/C13H15N3O4/c14-11(18)7-20-10-3-1-8(2-4-10)13-9(6-17)5-12(19)15-16-13/h1-4,9,17H,5-7H2,(H2,14,18)(H,15,19). The molecule has 0 aliphatic carbocycles. The number of hydrazone groups is 1. The molecule has 1 aromatic rings. The average Bonchev–Trinajstić information content (AvgIpc) is 2.45. The molecule has 1 atom stereocenters. The van der Waals surface area contributed by atoms with Crippen molar-refractivity contribution in [2.24, 2.45) is 16.8 Å². The predicted molar refractivity (Wildman–Crippen MR) is 71.0 cm³/mol. The lowest BCUT2D eigenvalue weighted by Crippen LogP contribution is -2.35. The van der Waals surface area contributed by atoms with Crippen LogP contribution >= 0.6 is 0 Å². The van der Waals surface area contributed by atoms with Crippen LogP contribution in [0.25, 0.3) is 0 Å². The Kier molecular flexibility index (Phi) is 4.31. The van der Waals surface area contributed by atoms with E-state index in [0.29, 0.717) is 11.5 Å². The first-order valence-corrected chi connectivity index (χ1v) is 6.09. The van der Waals surface area contributed by atoms with Crippen LogP contribution < -0.4 is 15.9 Å². The fraction of sp³-hybridized carbons (Fsp3) is 0.308. The molecule has 4 N–H and O–H groups in total. The highest BCUT2D eigenvalue weighted by Gasteiger charge is 2.24. The number of nitrogens with zero attached hydrogens (tertiary/aromatic N) is 1. The molecular formula is C13H15N3O4. The second-order valence-electron chi connectivity index (χ2n) is 4.40. The number of amides is 2. The molecule has 1 unspecified atom stereocenters. The number of primary amides is 1. The number of rotatable bonds is 5. The zero-order chi connectivity index (χ0) is 14.5. The van der Waals surface area contributed by atoms with Crippen LogP contribution in [0.3, 0.4) is 0 Å². The monoisotopic (exact) mass is 277 g/mol. The molecule has 0 fully saturated rings. The van der Waals surface area contributed by atoms with Crippen molar-refractivity contribution in [3.63, 3.8) is 0 Å². The first kappa shape index (κ1) is 14.0. The van der Waals surface area contributed by atoms with Crippen molar-refractivity contribution in [2.75, 3.05) is 13.2 Å².